The molecule has 0 radical (unpaired) electrons. The summed E-state index contributed by atoms with van der Waals surface area (Å²) in [6, 6.07) is 8.94. The summed E-state index contributed by atoms with van der Waals surface area (Å²) >= 11 is 0. The molecule has 6 heteroatoms. The summed E-state index contributed by atoms with van der Waals surface area (Å²) in [5.41, 5.74) is 0.806. The van der Waals surface area contributed by atoms with E-state index in [2.05, 4.69) is 10.3 Å². The predicted octanol–water partition coefficient (Wildman–Crippen LogP) is 3.96. The summed E-state index contributed by atoms with van der Waals surface area (Å²) in [6.07, 6.45) is 3.67. The SMILES string of the molecule is CC(C)(C)OC(=O)N1CCCCC1C(=O)Nc1cccc2cccnc12. The molecule has 0 aliphatic carbocycles. The van der Waals surface area contributed by atoms with Crippen LogP contribution in [0, 0.1) is 0 Å². The quantitative estimate of drug-likeness (QED) is 0.885. The smallest absolute Gasteiger partial charge is 0.410 e. The molecule has 0 spiro atoms. The van der Waals surface area contributed by atoms with Crippen LogP contribution in [-0.2, 0) is 9.53 Å². The number of nitrogens with zero attached hydrogens (tertiary/aromatic N) is 2. The molecule has 3 rings (SSSR count). The van der Waals surface area contributed by atoms with E-state index in [1.54, 1.807) is 11.1 Å². The largest absolute Gasteiger partial charge is 0.444 e. The lowest BCUT2D eigenvalue weighted by Crippen LogP contribution is -2.51. The summed E-state index contributed by atoms with van der Waals surface area (Å²) in [5.74, 6) is -0.200. The standard InChI is InChI=1S/C20H25N3O3/c1-20(2,3)26-19(25)23-13-5-4-11-16(23)18(24)22-15-10-6-8-14-9-7-12-21-17(14)15/h6-10,12,16H,4-5,11,13H2,1-3H3,(H,22,24). The van der Waals surface area contributed by atoms with Crippen molar-refractivity contribution in [1.82, 2.24) is 9.88 Å². The predicted molar refractivity (Wildman–Crippen MR) is 101 cm³/mol. The van der Waals surface area contributed by atoms with E-state index >= 15 is 0 Å². The summed E-state index contributed by atoms with van der Waals surface area (Å²) in [4.78, 5) is 31.3. The van der Waals surface area contributed by atoms with Gasteiger partial charge in [0, 0.05) is 18.1 Å². The Kier molecular flexibility index (Phi) is 5.11. The first-order valence-electron chi connectivity index (χ1n) is 8.99. The summed E-state index contributed by atoms with van der Waals surface area (Å²) in [7, 11) is 0. The first kappa shape index (κ1) is 18.2. The van der Waals surface area contributed by atoms with E-state index in [9.17, 15) is 9.59 Å². The highest BCUT2D eigenvalue weighted by molar-refractivity contribution is 6.03. The molecule has 1 aromatic carbocycles. The van der Waals surface area contributed by atoms with E-state index in [0.717, 1.165) is 23.7 Å². The van der Waals surface area contributed by atoms with Crippen molar-refractivity contribution >= 4 is 28.6 Å². The monoisotopic (exact) mass is 355 g/mol. The van der Waals surface area contributed by atoms with Gasteiger partial charge in [0.15, 0.2) is 0 Å². The maximum Gasteiger partial charge on any atom is 0.410 e. The Morgan fingerprint density at radius 1 is 1.19 bits per heavy atom. The van der Waals surface area contributed by atoms with E-state index in [-0.39, 0.29) is 5.91 Å². The average Bonchev–Trinajstić information content (AvgIpc) is 2.60. The number of pyridine rings is 1. The molecule has 1 aliphatic heterocycles. The van der Waals surface area contributed by atoms with Crippen LogP contribution in [0.4, 0.5) is 10.5 Å². The van der Waals surface area contributed by atoms with Crippen LogP contribution in [0.15, 0.2) is 36.5 Å². The topological polar surface area (TPSA) is 71.5 Å². The first-order valence-corrected chi connectivity index (χ1v) is 8.99. The van der Waals surface area contributed by atoms with Gasteiger partial charge in [-0.2, -0.15) is 0 Å². The molecule has 1 aromatic heterocycles. The molecule has 6 nitrogen and oxygen atoms in total. The zero-order chi connectivity index (χ0) is 18.7. The van der Waals surface area contributed by atoms with Crippen LogP contribution >= 0.6 is 0 Å². The molecular formula is C20H25N3O3. The highest BCUT2D eigenvalue weighted by Crippen LogP contribution is 2.24. The third kappa shape index (κ3) is 4.12. The maximum absolute atomic E-state index is 12.9. The molecule has 0 saturated carbocycles. The number of aromatic nitrogens is 1. The van der Waals surface area contributed by atoms with Gasteiger partial charge in [-0.25, -0.2) is 4.79 Å². The highest BCUT2D eigenvalue weighted by atomic mass is 16.6. The molecule has 1 saturated heterocycles. The Bertz CT molecular complexity index is 808. The van der Waals surface area contributed by atoms with Crippen molar-refractivity contribution in [3.63, 3.8) is 0 Å². The number of carbonyl (C=O) groups excluding carboxylic acids is 2. The number of benzene rings is 1. The van der Waals surface area contributed by atoms with Gasteiger partial charge in [-0.05, 0) is 52.2 Å². The minimum Gasteiger partial charge on any atom is -0.444 e. The van der Waals surface area contributed by atoms with Gasteiger partial charge in [-0.1, -0.05) is 18.2 Å². The lowest BCUT2D eigenvalue weighted by atomic mass is 10.0. The molecular weight excluding hydrogens is 330 g/mol. The van der Waals surface area contributed by atoms with Crippen molar-refractivity contribution in [1.29, 1.82) is 0 Å². The Morgan fingerprint density at radius 2 is 1.96 bits per heavy atom. The third-order valence-electron chi connectivity index (χ3n) is 4.32. The van der Waals surface area contributed by atoms with Gasteiger partial charge in [0.1, 0.15) is 11.6 Å². The van der Waals surface area contributed by atoms with E-state index in [1.807, 2.05) is 51.1 Å². The lowest BCUT2D eigenvalue weighted by molar-refractivity contribution is -0.122. The Balaban J connectivity index is 1.79. The number of ether oxygens (including phenoxy) is 1. The van der Waals surface area contributed by atoms with Crippen LogP contribution in [0.2, 0.25) is 0 Å². The van der Waals surface area contributed by atoms with Crippen LogP contribution in [-0.4, -0.2) is 40.1 Å². The zero-order valence-electron chi connectivity index (χ0n) is 15.5. The van der Waals surface area contributed by atoms with E-state index in [4.69, 9.17) is 4.74 Å². The van der Waals surface area contributed by atoms with Gasteiger partial charge in [0.05, 0.1) is 11.2 Å². The molecule has 1 aliphatic rings. The fraction of sp³-hybridized carbons (Fsp3) is 0.450. The van der Waals surface area contributed by atoms with E-state index in [0.29, 0.717) is 18.7 Å². The number of carbonyl (C=O) groups is 2. The summed E-state index contributed by atoms with van der Waals surface area (Å²) in [5, 5.41) is 3.91. The zero-order valence-corrected chi connectivity index (χ0v) is 15.5. The number of amides is 2. The molecule has 138 valence electrons. The van der Waals surface area contributed by atoms with Crippen molar-refractivity contribution in [2.24, 2.45) is 0 Å². The third-order valence-corrected chi connectivity index (χ3v) is 4.32. The molecule has 1 unspecified atom stereocenters. The number of anilines is 1. The van der Waals surface area contributed by atoms with Crippen LogP contribution in [0.25, 0.3) is 10.9 Å². The van der Waals surface area contributed by atoms with E-state index in [1.165, 1.54) is 0 Å². The number of likely N-dealkylation sites (tertiary alicyclic amines) is 1. The van der Waals surface area contributed by atoms with Gasteiger partial charge < -0.3 is 10.1 Å². The molecule has 1 fully saturated rings. The lowest BCUT2D eigenvalue weighted by Gasteiger charge is -2.35. The minimum absolute atomic E-state index is 0.200. The number of hydrogen-bond donors (Lipinski definition) is 1. The van der Waals surface area contributed by atoms with Crippen LogP contribution in [0.5, 0.6) is 0 Å². The Labute approximate surface area is 153 Å². The number of hydrogen-bond acceptors (Lipinski definition) is 4. The summed E-state index contributed by atoms with van der Waals surface area (Å²) < 4.78 is 5.47. The second-order valence-electron chi connectivity index (χ2n) is 7.56. The first-order chi connectivity index (χ1) is 12.3. The Hall–Kier alpha value is -2.63. The van der Waals surface area contributed by atoms with E-state index < -0.39 is 17.7 Å². The van der Waals surface area contributed by atoms with Gasteiger partial charge in [-0.3, -0.25) is 14.7 Å². The fourth-order valence-corrected chi connectivity index (χ4v) is 3.16. The Morgan fingerprint density at radius 3 is 2.73 bits per heavy atom. The normalized spacial score (nSPS) is 17.8. The van der Waals surface area contributed by atoms with Gasteiger partial charge in [-0.15, -0.1) is 0 Å². The molecule has 1 N–H and O–H groups in total. The number of fused-ring (bicyclic) bond motifs is 1. The number of piperidine rings is 1. The van der Waals surface area contributed by atoms with Crippen LogP contribution < -0.4 is 5.32 Å². The molecule has 26 heavy (non-hydrogen) atoms. The molecule has 1 atom stereocenters. The number of nitrogens with one attached hydrogen (secondary N) is 1. The number of rotatable bonds is 2. The average molecular weight is 355 g/mol. The van der Waals surface area contributed by atoms with Gasteiger partial charge in [0.25, 0.3) is 0 Å². The van der Waals surface area contributed by atoms with Crippen molar-refractivity contribution in [3.05, 3.63) is 36.5 Å². The van der Waals surface area contributed by atoms with Crippen LogP contribution in [0.1, 0.15) is 40.0 Å². The maximum atomic E-state index is 12.9. The molecule has 2 amide bonds. The van der Waals surface area contributed by atoms with Crippen molar-refractivity contribution in [2.45, 2.75) is 51.7 Å². The molecule has 0 bridgehead atoms. The van der Waals surface area contributed by atoms with Crippen molar-refractivity contribution < 1.29 is 14.3 Å². The van der Waals surface area contributed by atoms with Crippen molar-refractivity contribution in [2.75, 3.05) is 11.9 Å². The fourth-order valence-electron chi connectivity index (χ4n) is 3.16. The second-order valence-corrected chi connectivity index (χ2v) is 7.56. The minimum atomic E-state index is -0.588. The van der Waals surface area contributed by atoms with Gasteiger partial charge in [0.2, 0.25) is 5.91 Å². The highest BCUT2D eigenvalue weighted by Gasteiger charge is 2.35. The van der Waals surface area contributed by atoms with Crippen molar-refractivity contribution in [3.8, 4) is 0 Å². The molecule has 2 heterocycles. The van der Waals surface area contributed by atoms with Crippen LogP contribution in [0.3, 0.4) is 0 Å². The second kappa shape index (κ2) is 7.32. The summed E-state index contributed by atoms with van der Waals surface area (Å²) in [6.45, 7) is 6.00. The van der Waals surface area contributed by atoms with Gasteiger partial charge >= 0.3 is 6.09 Å². The molecule has 2 aromatic rings. The number of para-hydroxylation sites is 1.